The lowest BCUT2D eigenvalue weighted by Gasteiger charge is -2.37. The lowest BCUT2D eigenvalue weighted by molar-refractivity contribution is 0.0702. The van der Waals surface area contributed by atoms with E-state index in [-0.39, 0.29) is 5.41 Å². The van der Waals surface area contributed by atoms with Crippen LogP contribution in [0, 0.1) is 29.1 Å². The van der Waals surface area contributed by atoms with Crippen LogP contribution in [0.3, 0.4) is 0 Å². The number of rotatable bonds is 5. The van der Waals surface area contributed by atoms with Crippen molar-refractivity contribution in [1.82, 2.24) is 9.88 Å². The molecule has 1 N–H and O–H groups in total. The molecule has 1 aliphatic heterocycles. The van der Waals surface area contributed by atoms with Crippen LogP contribution >= 0.6 is 11.3 Å². The van der Waals surface area contributed by atoms with Gasteiger partial charge in [-0.2, -0.15) is 0 Å². The Morgan fingerprint density at radius 2 is 1.91 bits per heavy atom. The molecule has 5 heteroatoms. The predicted octanol–water partition coefficient (Wildman–Crippen LogP) is 6.72. The number of thiophene rings is 1. The molecule has 1 saturated carbocycles. The van der Waals surface area contributed by atoms with E-state index in [1.807, 2.05) is 18.5 Å². The molecule has 2 aromatic heterocycles. The number of hydrogen-bond acceptors (Lipinski definition) is 4. The maximum atomic E-state index is 12.2. The lowest BCUT2D eigenvalue weighted by atomic mass is 9.75. The molecule has 180 valence electrons. The fourth-order valence-corrected chi connectivity index (χ4v) is 5.98. The smallest absolute Gasteiger partial charge is 0.346 e. The van der Waals surface area contributed by atoms with Crippen molar-refractivity contribution in [2.75, 3.05) is 13.1 Å². The van der Waals surface area contributed by atoms with Gasteiger partial charge in [-0.3, -0.25) is 9.88 Å². The Morgan fingerprint density at radius 1 is 1.21 bits per heavy atom. The topological polar surface area (TPSA) is 53.4 Å². The first-order chi connectivity index (χ1) is 16.2. The quantitative estimate of drug-likeness (QED) is 0.487. The first-order valence-electron chi connectivity index (χ1n) is 12.4. The third kappa shape index (κ3) is 6.17. The molecule has 0 unspecified atom stereocenters. The Kier molecular flexibility index (Phi) is 7.60. The number of carbonyl (C=O) groups is 1. The zero-order valence-corrected chi connectivity index (χ0v) is 21.7. The number of aromatic nitrogens is 1. The van der Waals surface area contributed by atoms with Crippen LogP contribution in [0.1, 0.15) is 85.5 Å². The van der Waals surface area contributed by atoms with E-state index in [1.165, 1.54) is 53.7 Å². The summed E-state index contributed by atoms with van der Waals surface area (Å²) in [6.07, 6.45) is 9.50. The molecule has 0 atom stereocenters. The van der Waals surface area contributed by atoms with Gasteiger partial charge in [0.15, 0.2) is 0 Å². The van der Waals surface area contributed by atoms with E-state index in [1.54, 1.807) is 0 Å². The molecular formula is C29H36N2O2S. The van der Waals surface area contributed by atoms with Crippen LogP contribution in [0.25, 0.3) is 5.57 Å². The predicted molar refractivity (Wildman–Crippen MR) is 140 cm³/mol. The van der Waals surface area contributed by atoms with E-state index < -0.39 is 5.97 Å². The SMILES string of the molecule is CC1CCC(C2=C(c3cc(C#CC(C)(C)C)sc3C(=O)O)CCN(Cc3ccncc3)C2)CC1. The number of aromatic carboxylic acids is 1. The first-order valence-corrected chi connectivity index (χ1v) is 13.2. The van der Waals surface area contributed by atoms with E-state index >= 15 is 0 Å². The van der Waals surface area contributed by atoms with Gasteiger partial charge < -0.3 is 5.11 Å². The fourth-order valence-electron chi connectivity index (χ4n) is 5.10. The highest BCUT2D eigenvalue weighted by Crippen LogP contribution is 2.42. The minimum atomic E-state index is -0.841. The maximum absolute atomic E-state index is 12.2. The molecule has 4 nitrogen and oxygen atoms in total. The van der Waals surface area contributed by atoms with E-state index in [9.17, 15) is 9.90 Å². The molecule has 4 rings (SSSR count). The summed E-state index contributed by atoms with van der Waals surface area (Å²) >= 11 is 1.33. The summed E-state index contributed by atoms with van der Waals surface area (Å²) in [5, 5.41) is 10.0. The lowest BCUT2D eigenvalue weighted by Crippen LogP contribution is -2.34. The molecular weight excluding hydrogens is 440 g/mol. The summed E-state index contributed by atoms with van der Waals surface area (Å²) < 4.78 is 0. The van der Waals surface area contributed by atoms with Gasteiger partial charge in [0, 0.05) is 43.0 Å². The third-order valence-corrected chi connectivity index (χ3v) is 7.97. The summed E-state index contributed by atoms with van der Waals surface area (Å²) in [6, 6.07) is 6.22. The molecule has 34 heavy (non-hydrogen) atoms. The number of pyridine rings is 1. The largest absolute Gasteiger partial charge is 0.477 e. The average Bonchev–Trinajstić information content (AvgIpc) is 3.23. The van der Waals surface area contributed by atoms with E-state index in [2.05, 4.69) is 61.6 Å². The van der Waals surface area contributed by atoms with Crippen LogP contribution in [-0.4, -0.2) is 34.0 Å². The van der Waals surface area contributed by atoms with Crippen molar-refractivity contribution in [2.45, 2.75) is 66.3 Å². The highest BCUT2D eigenvalue weighted by atomic mass is 32.1. The third-order valence-electron chi connectivity index (χ3n) is 6.94. The molecule has 2 aromatic rings. The molecule has 2 aliphatic rings. The molecule has 0 saturated heterocycles. The Hall–Kier alpha value is -2.42. The van der Waals surface area contributed by atoms with Crippen molar-refractivity contribution < 1.29 is 9.90 Å². The van der Waals surface area contributed by atoms with Gasteiger partial charge in [-0.15, -0.1) is 11.3 Å². The Labute approximate surface area is 208 Å². The Bertz CT molecular complexity index is 1110. The highest BCUT2D eigenvalue weighted by molar-refractivity contribution is 7.14. The van der Waals surface area contributed by atoms with Gasteiger partial charge >= 0.3 is 5.97 Å². The second-order valence-electron chi connectivity index (χ2n) is 10.9. The van der Waals surface area contributed by atoms with Crippen LogP contribution in [0.2, 0.25) is 0 Å². The van der Waals surface area contributed by atoms with Crippen molar-refractivity contribution in [1.29, 1.82) is 0 Å². The molecule has 1 fully saturated rings. The molecule has 0 amide bonds. The van der Waals surface area contributed by atoms with Crippen molar-refractivity contribution in [3.05, 3.63) is 57.0 Å². The van der Waals surface area contributed by atoms with Gasteiger partial charge in [-0.1, -0.05) is 31.6 Å². The molecule has 0 bridgehead atoms. The van der Waals surface area contributed by atoms with Crippen molar-refractivity contribution in [2.24, 2.45) is 17.3 Å². The van der Waals surface area contributed by atoms with E-state index in [0.29, 0.717) is 10.8 Å². The average molecular weight is 477 g/mol. The minimum Gasteiger partial charge on any atom is -0.477 e. The zero-order chi connectivity index (χ0) is 24.3. The molecule has 0 radical (unpaired) electrons. The van der Waals surface area contributed by atoms with Gasteiger partial charge in [-0.05, 0) is 86.8 Å². The normalized spacial score (nSPS) is 21.8. The van der Waals surface area contributed by atoms with Crippen LogP contribution in [0.5, 0.6) is 0 Å². The fraction of sp³-hybridized carbons (Fsp3) is 0.517. The second kappa shape index (κ2) is 10.5. The second-order valence-corrected chi connectivity index (χ2v) is 12.0. The van der Waals surface area contributed by atoms with Crippen molar-refractivity contribution >= 4 is 22.9 Å². The maximum Gasteiger partial charge on any atom is 0.346 e. The molecule has 1 aliphatic carbocycles. The van der Waals surface area contributed by atoms with Gasteiger partial charge in [0.2, 0.25) is 0 Å². The summed E-state index contributed by atoms with van der Waals surface area (Å²) in [7, 11) is 0. The molecule has 3 heterocycles. The summed E-state index contributed by atoms with van der Waals surface area (Å²) in [4.78, 5) is 20.2. The summed E-state index contributed by atoms with van der Waals surface area (Å²) in [5.74, 6) is 7.00. The van der Waals surface area contributed by atoms with Crippen molar-refractivity contribution in [3.8, 4) is 11.8 Å². The standard InChI is InChI=1S/C29H36N2O2S/c1-20-5-7-22(8-6-20)26-19-31(18-21-10-14-30-15-11-21)16-12-24(26)25-17-23(9-13-29(2,3)4)34-27(25)28(32)33/h10-11,14-15,17,20,22H,5-8,12,16,18-19H2,1-4H3,(H,32,33). The van der Waals surface area contributed by atoms with E-state index in [0.717, 1.165) is 42.4 Å². The molecule has 0 spiro atoms. The van der Waals surface area contributed by atoms with Crippen molar-refractivity contribution in [3.63, 3.8) is 0 Å². The van der Waals surface area contributed by atoms with Crippen LogP contribution in [0.15, 0.2) is 36.2 Å². The van der Waals surface area contributed by atoms with Crippen LogP contribution in [-0.2, 0) is 6.54 Å². The van der Waals surface area contributed by atoms with Crippen LogP contribution in [0.4, 0.5) is 0 Å². The molecule has 0 aromatic carbocycles. The van der Waals surface area contributed by atoms with Gasteiger partial charge in [0.1, 0.15) is 4.88 Å². The Balaban J connectivity index is 1.71. The number of carboxylic acids is 1. The van der Waals surface area contributed by atoms with Gasteiger partial charge in [0.25, 0.3) is 0 Å². The first kappa shape index (κ1) is 24.7. The summed E-state index contributed by atoms with van der Waals surface area (Å²) in [5.41, 5.74) is 4.80. The number of nitrogens with zero attached hydrogens (tertiary/aromatic N) is 2. The number of carboxylic acid groups (broad SMARTS) is 1. The van der Waals surface area contributed by atoms with Crippen LogP contribution < -0.4 is 0 Å². The van der Waals surface area contributed by atoms with Gasteiger partial charge in [0.05, 0.1) is 4.88 Å². The van der Waals surface area contributed by atoms with E-state index in [4.69, 9.17) is 0 Å². The Morgan fingerprint density at radius 3 is 2.56 bits per heavy atom. The summed E-state index contributed by atoms with van der Waals surface area (Å²) in [6.45, 7) is 11.3. The monoisotopic (exact) mass is 476 g/mol. The van der Waals surface area contributed by atoms with Gasteiger partial charge in [-0.25, -0.2) is 4.79 Å². The number of hydrogen-bond donors (Lipinski definition) is 1. The highest BCUT2D eigenvalue weighted by Gasteiger charge is 2.31. The zero-order valence-electron chi connectivity index (χ0n) is 20.9. The minimum absolute atomic E-state index is 0.116.